The zero-order valence-electron chi connectivity index (χ0n) is 14.7. The highest BCUT2D eigenvalue weighted by molar-refractivity contribution is 5.99. The van der Waals surface area contributed by atoms with Crippen molar-refractivity contribution in [3.8, 4) is 0 Å². The number of nitrogens with zero attached hydrogens (tertiary/aromatic N) is 1. The molecule has 3 N–H and O–H groups in total. The van der Waals surface area contributed by atoms with E-state index in [4.69, 9.17) is 0 Å². The van der Waals surface area contributed by atoms with Gasteiger partial charge in [0.2, 0.25) is 5.91 Å². The van der Waals surface area contributed by atoms with Gasteiger partial charge in [0.1, 0.15) is 0 Å². The fourth-order valence-electron chi connectivity index (χ4n) is 2.46. The Balaban J connectivity index is 2.23. The smallest absolute Gasteiger partial charge is 0.316 e. The van der Waals surface area contributed by atoms with Gasteiger partial charge in [-0.2, -0.15) is 0 Å². The van der Waals surface area contributed by atoms with Crippen molar-refractivity contribution in [3.63, 3.8) is 0 Å². The van der Waals surface area contributed by atoms with Crippen LogP contribution in [0.15, 0.2) is 27.8 Å². The summed E-state index contributed by atoms with van der Waals surface area (Å²) in [4.78, 5) is 50.0. The van der Waals surface area contributed by atoms with Crippen molar-refractivity contribution in [2.45, 2.75) is 39.8 Å². The Hall–Kier alpha value is -2.90. The lowest BCUT2D eigenvalue weighted by Crippen LogP contribution is -2.45. The fourth-order valence-corrected chi connectivity index (χ4v) is 2.46. The molecule has 1 aromatic heterocycles. The van der Waals surface area contributed by atoms with Crippen LogP contribution in [0.3, 0.4) is 0 Å². The minimum Gasteiger partial charge on any atom is -0.350 e. The van der Waals surface area contributed by atoms with Crippen LogP contribution in [0.5, 0.6) is 0 Å². The first-order valence-corrected chi connectivity index (χ1v) is 7.98. The van der Waals surface area contributed by atoms with Gasteiger partial charge >= 0.3 is 11.1 Å². The lowest BCUT2D eigenvalue weighted by molar-refractivity contribution is -0.121. The Kier molecular flexibility index (Phi) is 5.10. The summed E-state index contributed by atoms with van der Waals surface area (Å²) in [5.74, 6) is -0.740. The van der Waals surface area contributed by atoms with Gasteiger partial charge in [-0.25, -0.2) is 0 Å². The maximum atomic E-state index is 12.2. The number of hydrogen-bond acceptors (Lipinski definition) is 4. The summed E-state index contributed by atoms with van der Waals surface area (Å²) in [5, 5.41) is 5.27. The van der Waals surface area contributed by atoms with Gasteiger partial charge in [0, 0.05) is 17.6 Å². The summed E-state index contributed by atoms with van der Waals surface area (Å²) in [5.41, 5.74) is -0.545. The van der Waals surface area contributed by atoms with E-state index in [1.54, 1.807) is 19.1 Å². The first kappa shape index (κ1) is 18.4. The molecule has 0 atom stereocenters. The SMILES string of the molecule is CCn1c(=O)c(=O)[nH]c2cc(C(=O)NCC(=O)NC(C)(C)C)ccc21. The quantitative estimate of drug-likeness (QED) is 0.693. The van der Waals surface area contributed by atoms with E-state index in [1.165, 1.54) is 10.6 Å². The first-order chi connectivity index (χ1) is 11.6. The van der Waals surface area contributed by atoms with Crippen molar-refractivity contribution in [1.29, 1.82) is 0 Å². The van der Waals surface area contributed by atoms with Crippen molar-refractivity contribution in [1.82, 2.24) is 20.2 Å². The Morgan fingerprint density at radius 1 is 1.20 bits per heavy atom. The van der Waals surface area contributed by atoms with Crippen LogP contribution in [0, 0.1) is 0 Å². The number of aryl methyl sites for hydroxylation is 1. The second-order valence-corrected chi connectivity index (χ2v) is 6.72. The second-order valence-electron chi connectivity index (χ2n) is 6.72. The fraction of sp³-hybridized carbons (Fsp3) is 0.412. The minimum absolute atomic E-state index is 0.154. The molecule has 2 rings (SSSR count). The van der Waals surface area contributed by atoms with Gasteiger partial charge in [-0.15, -0.1) is 0 Å². The van der Waals surface area contributed by atoms with E-state index in [0.29, 0.717) is 17.6 Å². The maximum absolute atomic E-state index is 12.2. The lowest BCUT2D eigenvalue weighted by Gasteiger charge is -2.20. The van der Waals surface area contributed by atoms with Gasteiger partial charge in [0.15, 0.2) is 0 Å². The number of carbonyl (C=O) groups excluding carboxylic acids is 2. The number of fused-ring (bicyclic) bond motifs is 1. The predicted molar refractivity (Wildman–Crippen MR) is 94.7 cm³/mol. The molecule has 0 saturated heterocycles. The molecule has 0 unspecified atom stereocenters. The summed E-state index contributed by atoms with van der Waals surface area (Å²) in [6.07, 6.45) is 0. The van der Waals surface area contributed by atoms with Crippen LogP contribution < -0.4 is 21.8 Å². The summed E-state index contributed by atoms with van der Waals surface area (Å²) >= 11 is 0. The molecule has 0 fully saturated rings. The second kappa shape index (κ2) is 6.92. The predicted octanol–water partition coefficient (Wildman–Crippen LogP) is 0.354. The number of amides is 2. The summed E-state index contributed by atoms with van der Waals surface area (Å²) in [6, 6.07) is 4.63. The molecular weight excluding hydrogens is 324 g/mol. The standard InChI is InChI=1S/C17H22N4O4/c1-5-21-12-7-6-10(8-11(12)19-15(24)16(21)25)14(23)18-9-13(22)20-17(2,3)4/h6-8H,5,9H2,1-4H3,(H,18,23)(H,19,24)(H,20,22). The van der Waals surface area contributed by atoms with Gasteiger partial charge in [-0.3, -0.25) is 19.2 Å². The van der Waals surface area contributed by atoms with Crippen molar-refractivity contribution >= 4 is 22.8 Å². The largest absolute Gasteiger partial charge is 0.350 e. The van der Waals surface area contributed by atoms with Crippen LogP contribution >= 0.6 is 0 Å². The highest BCUT2D eigenvalue weighted by atomic mass is 16.2. The number of rotatable bonds is 4. The molecule has 0 aliphatic heterocycles. The average Bonchev–Trinajstić information content (AvgIpc) is 2.52. The van der Waals surface area contributed by atoms with E-state index < -0.39 is 17.0 Å². The number of H-pyrrole nitrogens is 1. The summed E-state index contributed by atoms with van der Waals surface area (Å²) < 4.78 is 1.34. The molecular formula is C17H22N4O4. The first-order valence-electron chi connectivity index (χ1n) is 7.98. The van der Waals surface area contributed by atoms with Crippen LogP contribution in [-0.4, -0.2) is 33.4 Å². The van der Waals surface area contributed by atoms with Crippen molar-refractivity contribution in [3.05, 3.63) is 44.5 Å². The zero-order chi connectivity index (χ0) is 18.8. The number of carbonyl (C=O) groups is 2. The molecule has 0 spiro atoms. The molecule has 25 heavy (non-hydrogen) atoms. The van der Waals surface area contributed by atoms with Crippen LogP contribution in [0.1, 0.15) is 38.1 Å². The molecule has 1 aromatic carbocycles. The van der Waals surface area contributed by atoms with Crippen molar-refractivity contribution in [2.75, 3.05) is 6.54 Å². The molecule has 0 aliphatic rings. The highest BCUT2D eigenvalue weighted by Crippen LogP contribution is 2.11. The third kappa shape index (κ3) is 4.34. The molecule has 0 aliphatic carbocycles. The van der Waals surface area contributed by atoms with E-state index >= 15 is 0 Å². The molecule has 0 bridgehead atoms. The van der Waals surface area contributed by atoms with E-state index in [-0.39, 0.29) is 23.6 Å². The normalized spacial score (nSPS) is 11.4. The molecule has 0 radical (unpaired) electrons. The van der Waals surface area contributed by atoms with Crippen molar-refractivity contribution < 1.29 is 9.59 Å². The minimum atomic E-state index is -0.739. The highest BCUT2D eigenvalue weighted by Gasteiger charge is 2.15. The Morgan fingerprint density at radius 2 is 1.88 bits per heavy atom. The molecule has 1 heterocycles. The number of benzene rings is 1. The summed E-state index contributed by atoms with van der Waals surface area (Å²) in [6.45, 7) is 7.49. The molecule has 0 saturated carbocycles. The Labute approximate surface area is 144 Å². The van der Waals surface area contributed by atoms with E-state index in [2.05, 4.69) is 15.6 Å². The number of aromatic amines is 1. The number of nitrogens with one attached hydrogen (secondary N) is 3. The van der Waals surface area contributed by atoms with Gasteiger partial charge in [-0.1, -0.05) is 0 Å². The van der Waals surface area contributed by atoms with Crippen LogP contribution in [0.2, 0.25) is 0 Å². The Morgan fingerprint density at radius 3 is 2.48 bits per heavy atom. The lowest BCUT2D eigenvalue weighted by atomic mass is 10.1. The topological polar surface area (TPSA) is 113 Å². The van der Waals surface area contributed by atoms with Gasteiger partial charge < -0.3 is 20.2 Å². The van der Waals surface area contributed by atoms with E-state index in [1.807, 2.05) is 20.8 Å². The molecule has 2 aromatic rings. The van der Waals surface area contributed by atoms with Crippen LogP contribution in [0.4, 0.5) is 0 Å². The van der Waals surface area contributed by atoms with Crippen LogP contribution in [-0.2, 0) is 11.3 Å². The van der Waals surface area contributed by atoms with E-state index in [0.717, 1.165) is 0 Å². The average molecular weight is 346 g/mol. The van der Waals surface area contributed by atoms with Crippen LogP contribution in [0.25, 0.3) is 11.0 Å². The molecule has 134 valence electrons. The molecule has 8 heteroatoms. The summed E-state index contributed by atoms with van der Waals surface area (Å²) in [7, 11) is 0. The number of hydrogen-bond donors (Lipinski definition) is 3. The van der Waals surface area contributed by atoms with Gasteiger partial charge in [-0.05, 0) is 45.9 Å². The number of aromatic nitrogens is 2. The molecule has 2 amide bonds. The van der Waals surface area contributed by atoms with Crippen molar-refractivity contribution in [2.24, 2.45) is 0 Å². The van der Waals surface area contributed by atoms with E-state index in [9.17, 15) is 19.2 Å². The van der Waals surface area contributed by atoms with Gasteiger partial charge in [0.05, 0.1) is 17.6 Å². The monoisotopic (exact) mass is 346 g/mol. The Bertz CT molecular complexity index is 934. The third-order valence-electron chi connectivity index (χ3n) is 3.48. The van der Waals surface area contributed by atoms with Gasteiger partial charge in [0.25, 0.3) is 5.91 Å². The molecule has 8 nitrogen and oxygen atoms in total. The third-order valence-corrected chi connectivity index (χ3v) is 3.48. The zero-order valence-corrected chi connectivity index (χ0v) is 14.7. The maximum Gasteiger partial charge on any atom is 0.316 e.